The first-order chi connectivity index (χ1) is 21.5. The van der Waals surface area contributed by atoms with Gasteiger partial charge in [-0.1, -0.05) is 0 Å². The fraction of sp³-hybridized carbons (Fsp3) is 0.323. The molecule has 0 bridgehead atoms. The molecule has 2 aromatic carbocycles. The molecule has 0 saturated carbocycles. The van der Waals surface area contributed by atoms with Gasteiger partial charge in [0.1, 0.15) is 5.82 Å². The van der Waals surface area contributed by atoms with Gasteiger partial charge < -0.3 is 18.9 Å². The molecule has 0 fully saturated rings. The highest BCUT2D eigenvalue weighted by molar-refractivity contribution is 6.12. The molecule has 1 aliphatic heterocycles. The third kappa shape index (κ3) is 5.40. The van der Waals surface area contributed by atoms with Gasteiger partial charge in [0.2, 0.25) is 5.95 Å². The van der Waals surface area contributed by atoms with E-state index in [0.717, 1.165) is 4.68 Å². The van der Waals surface area contributed by atoms with Crippen molar-refractivity contribution in [2.45, 2.75) is 26.1 Å². The minimum absolute atomic E-state index is 0.0776. The van der Waals surface area contributed by atoms with Gasteiger partial charge in [-0.15, -0.1) is 0 Å². The number of ether oxygens (including phenoxy) is 2. The topological polar surface area (TPSA) is 103 Å². The molecule has 234 valence electrons. The molecule has 0 aliphatic carbocycles. The van der Waals surface area contributed by atoms with Gasteiger partial charge in [-0.25, -0.2) is 9.97 Å². The van der Waals surface area contributed by atoms with E-state index in [-0.39, 0.29) is 24.4 Å². The molecule has 1 amide bonds. The third-order valence-electron chi connectivity index (χ3n) is 7.92. The third-order valence-corrected chi connectivity index (χ3v) is 7.92. The van der Waals surface area contributed by atoms with Crippen LogP contribution in [0.25, 0.3) is 22.0 Å². The number of carbonyl (C=O) groups is 1. The van der Waals surface area contributed by atoms with Crippen molar-refractivity contribution in [3.8, 4) is 22.6 Å². The number of benzene rings is 2. The second-order valence-corrected chi connectivity index (χ2v) is 10.8. The number of imidazole rings is 1. The number of methoxy groups -OCH3 is 2. The van der Waals surface area contributed by atoms with Crippen LogP contribution in [0.2, 0.25) is 0 Å². The van der Waals surface area contributed by atoms with Crippen molar-refractivity contribution >= 4 is 28.6 Å². The second kappa shape index (κ2) is 11.4. The lowest BCUT2D eigenvalue weighted by Gasteiger charge is -2.31. The van der Waals surface area contributed by atoms with E-state index in [1.54, 1.807) is 52.5 Å². The molecular formula is C31H31F3N8O3. The van der Waals surface area contributed by atoms with E-state index in [1.165, 1.54) is 27.5 Å². The molecule has 0 spiro atoms. The van der Waals surface area contributed by atoms with Gasteiger partial charge in [0, 0.05) is 74.9 Å². The number of carbonyl (C=O) groups excluding carboxylic acids is 1. The lowest BCUT2D eigenvalue weighted by atomic mass is 9.88. The van der Waals surface area contributed by atoms with Gasteiger partial charge in [0.25, 0.3) is 5.91 Å². The van der Waals surface area contributed by atoms with Crippen LogP contribution < -0.4 is 19.3 Å². The standard InChI is InChI=1S/C31H31F3N8O3/c1-6-39(2)30-36-24-14-26(45-5)25(44-4)13-22(24)28(37-30)42-9-7-19-20(23-16-40(3)38-27(23)31(32,33)34)11-18(12-21(19)29(42)43)15-41-10-8-35-17-41/h8,10-14,16-17H,6-7,9,15H2,1-5H3. The number of hydrogen-bond donors (Lipinski definition) is 0. The van der Waals surface area contributed by atoms with Crippen molar-refractivity contribution in [1.29, 1.82) is 0 Å². The molecule has 6 rings (SSSR count). The molecule has 0 radical (unpaired) electrons. The first kappa shape index (κ1) is 29.9. The summed E-state index contributed by atoms with van der Waals surface area (Å²) in [5.41, 5.74) is 1.24. The van der Waals surface area contributed by atoms with Gasteiger partial charge in [-0.05, 0) is 48.2 Å². The van der Waals surface area contributed by atoms with Crippen LogP contribution in [0.5, 0.6) is 11.5 Å². The van der Waals surface area contributed by atoms with Crippen LogP contribution in [0.15, 0.2) is 49.2 Å². The Kier molecular flexibility index (Phi) is 7.59. The van der Waals surface area contributed by atoms with E-state index >= 15 is 0 Å². The highest BCUT2D eigenvalue weighted by Gasteiger charge is 2.39. The number of anilines is 2. The summed E-state index contributed by atoms with van der Waals surface area (Å²) in [6.45, 7) is 3.05. The number of hydrogen-bond acceptors (Lipinski definition) is 8. The smallest absolute Gasteiger partial charge is 0.435 e. The molecule has 4 heterocycles. The number of aromatic nitrogens is 6. The Morgan fingerprint density at radius 1 is 1.02 bits per heavy atom. The first-order valence-corrected chi connectivity index (χ1v) is 14.2. The summed E-state index contributed by atoms with van der Waals surface area (Å²) in [6, 6.07) is 6.91. The van der Waals surface area contributed by atoms with Crippen molar-refractivity contribution < 1.29 is 27.4 Å². The predicted molar refractivity (Wildman–Crippen MR) is 162 cm³/mol. The van der Waals surface area contributed by atoms with Crippen molar-refractivity contribution in [3.05, 3.63) is 71.6 Å². The zero-order valence-electron chi connectivity index (χ0n) is 25.4. The van der Waals surface area contributed by atoms with Crippen LogP contribution in [0.3, 0.4) is 0 Å². The number of aryl methyl sites for hydroxylation is 1. The predicted octanol–water partition coefficient (Wildman–Crippen LogP) is 4.97. The van der Waals surface area contributed by atoms with Crippen LogP contribution in [-0.2, 0) is 26.2 Å². The second-order valence-electron chi connectivity index (χ2n) is 10.8. The highest BCUT2D eigenvalue weighted by atomic mass is 19.4. The number of halogens is 3. The first-order valence-electron chi connectivity index (χ1n) is 14.2. The Labute approximate surface area is 256 Å². The van der Waals surface area contributed by atoms with E-state index < -0.39 is 11.9 Å². The molecule has 0 saturated heterocycles. The van der Waals surface area contributed by atoms with Crippen LogP contribution in [0.1, 0.15) is 34.1 Å². The van der Waals surface area contributed by atoms with E-state index in [0.29, 0.717) is 69.5 Å². The number of nitrogens with zero attached hydrogens (tertiary/aromatic N) is 8. The zero-order chi connectivity index (χ0) is 32.0. The Morgan fingerprint density at radius 2 is 1.76 bits per heavy atom. The molecule has 45 heavy (non-hydrogen) atoms. The summed E-state index contributed by atoms with van der Waals surface area (Å²) in [7, 11) is 6.34. The summed E-state index contributed by atoms with van der Waals surface area (Å²) in [5.74, 6) is 1.30. The molecule has 0 N–H and O–H groups in total. The van der Waals surface area contributed by atoms with Gasteiger partial charge in [-0.3, -0.25) is 14.4 Å². The van der Waals surface area contributed by atoms with E-state index in [1.807, 2.05) is 18.9 Å². The maximum Gasteiger partial charge on any atom is 0.435 e. The molecule has 0 unspecified atom stereocenters. The van der Waals surface area contributed by atoms with Crippen LogP contribution in [-0.4, -0.2) is 69.6 Å². The number of rotatable bonds is 8. The lowest BCUT2D eigenvalue weighted by Crippen LogP contribution is -2.39. The minimum Gasteiger partial charge on any atom is -0.493 e. The summed E-state index contributed by atoms with van der Waals surface area (Å²) < 4.78 is 56.4. The van der Waals surface area contributed by atoms with E-state index in [9.17, 15) is 18.0 Å². The summed E-state index contributed by atoms with van der Waals surface area (Å²) in [6.07, 6.45) is 1.92. The Bertz CT molecular complexity index is 1900. The normalized spacial score (nSPS) is 13.3. The summed E-state index contributed by atoms with van der Waals surface area (Å²) >= 11 is 0. The van der Waals surface area contributed by atoms with E-state index in [2.05, 4.69) is 10.1 Å². The van der Waals surface area contributed by atoms with E-state index in [4.69, 9.17) is 19.4 Å². The average Bonchev–Trinajstić information content (AvgIpc) is 3.69. The number of alkyl halides is 3. The number of amides is 1. The molecular weight excluding hydrogens is 589 g/mol. The highest BCUT2D eigenvalue weighted by Crippen LogP contribution is 2.42. The quantitative estimate of drug-likeness (QED) is 0.240. The van der Waals surface area contributed by atoms with Gasteiger partial charge in [-0.2, -0.15) is 23.3 Å². The van der Waals surface area contributed by atoms with Gasteiger partial charge in [0.05, 0.1) is 26.1 Å². The monoisotopic (exact) mass is 620 g/mol. The summed E-state index contributed by atoms with van der Waals surface area (Å²) in [4.78, 5) is 31.5. The van der Waals surface area contributed by atoms with Crippen molar-refractivity contribution in [3.63, 3.8) is 0 Å². The molecule has 14 heteroatoms. The Balaban J connectivity index is 1.55. The van der Waals surface area contributed by atoms with Gasteiger partial charge >= 0.3 is 6.18 Å². The Morgan fingerprint density at radius 3 is 2.42 bits per heavy atom. The van der Waals surface area contributed by atoms with Crippen molar-refractivity contribution in [1.82, 2.24) is 29.3 Å². The minimum atomic E-state index is -4.68. The zero-order valence-corrected chi connectivity index (χ0v) is 25.4. The van der Waals surface area contributed by atoms with Crippen molar-refractivity contribution in [2.75, 3.05) is 44.2 Å². The average molecular weight is 621 g/mol. The van der Waals surface area contributed by atoms with Gasteiger partial charge in [0.15, 0.2) is 17.2 Å². The molecule has 0 atom stereocenters. The maximum atomic E-state index is 14.4. The Hall–Kier alpha value is -5.14. The largest absolute Gasteiger partial charge is 0.493 e. The van der Waals surface area contributed by atoms with Crippen LogP contribution in [0, 0.1) is 0 Å². The van der Waals surface area contributed by atoms with Crippen LogP contribution >= 0.6 is 0 Å². The molecule has 3 aromatic heterocycles. The molecule has 5 aromatic rings. The van der Waals surface area contributed by atoms with Crippen LogP contribution in [0.4, 0.5) is 24.9 Å². The molecule has 1 aliphatic rings. The fourth-order valence-corrected chi connectivity index (χ4v) is 5.63. The number of fused-ring (bicyclic) bond motifs is 2. The summed E-state index contributed by atoms with van der Waals surface area (Å²) in [5, 5.41) is 4.30. The van der Waals surface area contributed by atoms with Crippen molar-refractivity contribution in [2.24, 2.45) is 7.05 Å². The SMILES string of the molecule is CCN(C)c1nc(N2CCc3c(cc(Cn4ccnc4)cc3-c3cn(C)nc3C(F)(F)F)C2=O)c2cc(OC)c(OC)cc2n1. The lowest BCUT2D eigenvalue weighted by molar-refractivity contribution is -0.140. The maximum absolute atomic E-state index is 14.4. The molecule has 11 nitrogen and oxygen atoms in total. The fourth-order valence-electron chi connectivity index (χ4n) is 5.63.